The second-order valence-corrected chi connectivity index (χ2v) is 3.95. The van der Waals surface area contributed by atoms with Gasteiger partial charge in [0, 0.05) is 6.54 Å². The summed E-state index contributed by atoms with van der Waals surface area (Å²) in [5.41, 5.74) is 6.08. The van der Waals surface area contributed by atoms with Crippen molar-refractivity contribution in [2.75, 3.05) is 13.1 Å². The molecule has 0 saturated carbocycles. The van der Waals surface area contributed by atoms with Crippen molar-refractivity contribution < 1.29 is 8.78 Å². The zero-order chi connectivity index (χ0) is 10.9. The first-order chi connectivity index (χ1) is 7.18. The van der Waals surface area contributed by atoms with Crippen molar-refractivity contribution in [2.45, 2.75) is 18.4 Å². The van der Waals surface area contributed by atoms with Crippen molar-refractivity contribution in [1.29, 1.82) is 0 Å². The van der Waals surface area contributed by atoms with E-state index in [4.69, 9.17) is 5.73 Å². The van der Waals surface area contributed by atoms with E-state index in [0.717, 1.165) is 31.0 Å². The molecule has 0 bridgehead atoms. The molecular formula is C11H14F2N2. The minimum absolute atomic E-state index is 0.367. The number of halogens is 2. The summed E-state index contributed by atoms with van der Waals surface area (Å²) in [6, 6.07) is 3.99. The molecule has 15 heavy (non-hydrogen) atoms. The standard InChI is InChI=1S/C11H14F2N2/c12-9-3-2-8(6-10(9)13)11(7-14)4-1-5-15-11/h2-3,6,15H,1,4-5,7,14H2. The third-order valence-electron chi connectivity index (χ3n) is 3.06. The summed E-state index contributed by atoms with van der Waals surface area (Å²) in [5, 5.41) is 3.27. The minimum Gasteiger partial charge on any atom is -0.328 e. The van der Waals surface area contributed by atoms with Crippen LogP contribution in [0.15, 0.2) is 18.2 Å². The quantitative estimate of drug-likeness (QED) is 0.779. The number of benzene rings is 1. The van der Waals surface area contributed by atoms with Gasteiger partial charge in [0.15, 0.2) is 11.6 Å². The molecule has 0 aliphatic carbocycles. The fourth-order valence-electron chi connectivity index (χ4n) is 2.14. The minimum atomic E-state index is -0.816. The summed E-state index contributed by atoms with van der Waals surface area (Å²) in [4.78, 5) is 0. The Morgan fingerprint density at radius 2 is 2.13 bits per heavy atom. The summed E-state index contributed by atoms with van der Waals surface area (Å²) >= 11 is 0. The molecule has 3 N–H and O–H groups in total. The predicted molar refractivity (Wildman–Crippen MR) is 54.3 cm³/mol. The second-order valence-electron chi connectivity index (χ2n) is 3.95. The van der Waals surface area contributed by atoms with E-state index in [1.165, 1.54) is 6.07 Å². The Labute approximate surface area is 87.5 Å². The van der Waals surface area contributed by atoms with E-state index in [0.29, 0.717) is 6.54 Å². The highest BCUT2D eigenvalue weighted by atomic mass is 19.2. The van der Waals surface area contributed by atoms with E-state index in [9.17, 15) is 8.78 Å². The first-order valence-corrected chi connectivity index (χ1v) is 5.08. The van der Waals surface area contributed by atoms with Crippen LogP contribution in [0, 0.1) is 11.6 Å². The third kappa shape index (κ3) is 1.75. The average molecular weight is 212 g/mol. The normalized spacial score (nSPS) is 25.8. The smallest absolute Gasteiger partial charge is 0.159 e. The van der Waals surface area contributed by atoms with E-state index in [-0.39, 0.29) is 5.54 Å². The van der Waals surface area contributed by atoms with Crippen molar-refractivity contribution in [3.05, 3.63) is 35.4 Å². The van der Waals surface area contributed by atoms with Gasteiger partial charge in [0.05, 0.1) is 5.54 Å². The zero-order valence-corrected chi connectivity index (χ0v) is 8.39. The van der Waals surface area contributed by atoms with Gasteiger partial charge >= 0.3 is 0 Å². The summed E-state index contributed by atoms with van der Waals surface area (Å²) in [6.07, 6.45) is 1.88. The largest absolute Gasteiger partial charge is 0.328 e. The topological polar surface area (TPSA) is 38.0 Å². The van der Waals surface area contributed by atoms with Crippen LogP contribution in [0.3, 0.4) is 0 Å². The molecule has 1 atom stereocenters. The maximum atomic E-state index is 13.1. The van der Waals surface area contributed by atoms with Crippen LogP contribution in [0.4, 0.5) is 8.78 Å². The Morgan fingerprint density at radius 3 is 2.67 bits per heavy atom. The van der Waals surface area contributed by atoms with Gasteiger partial charge in [-0.25, -0.2) is 8.78 Å². The third-order valence-corrected chi connectivity index (χ3v) is 3.06. The molecule has 0 amide bonds. The Kier molecular flexibility index (Phi) is 2.71. The van der Waals surface area contributed by atoms with E-state index in [2.05, 4.69) is 5.32 Å². The highest BCUT2D eigenvalue weighted by Gasteiger charge is 2.34. The molecule has 1 saturated heterocycles. The SMILES string of the molecule is NCC1(c2ccc(F)c(F)c2)CCCN1. The molecule has 1 fully saturated rings. The molecule has 2 rings (SSSR count). The average Bonchev–Trinajstić information content (AvgIpc) is 2.72. The second kappa shape index (κ2) is 3.87. The summed E-state index contributed by atoms with van der Waals surface area (Å²) in [6.45, 7) is 1.27. The van der Waals surface area contributed by atoms with Gasteiger partial charge in [-0.3, -0.25) is 0 Å². The van der Waals surface area contributed by atoms with Crippen LogP contribution in [-0.2, 0) is 5.54 Å². The van der Waals surface area contributed by atoms with Gasteiger partial charge in [0.2, 0.25) is 0 Å². The highest BCUT2D eigenvalue weighted by molar-refractivity contribution is 5.27. The van der Waals surface area contributed by atoms with Crippen molar-refractivity contribution >= 4 is 0 Å². The first-order valence-electron chi connectivity index (χ1n) is 5.08. The molecule has 0 spiro atoms. The number of rotatable bonds is 2. The number of hydrogen-bond acceptors (Lipinski definition) is 2. The Hall–Kier alpha value is -1.00. The molecule has 0 radical (unpaired) electrons. The van der Waals surface area contributed by atoms with E-state index >= 15 is 0 Å². The number of nitrogens with two attached hydrogens (primary N) is 1. The van der Waals surface area contributed by atoms with Gasteiger partial charge in [0.25, 0.3) is 0 Å². The molecule has 1 aromatic carbocycles. The van der Waals surface area contributed by atoms with Gasteiger partial charge in [-0.05, 0) is 37.1 Å². The Balaban J connectivity index is 2.38. The van der Waals surface area contributed by atoms with Gasteiger partial charge in [-0.1, -0.05) is 6.07 Å². The van der Waals surface area contributed by atoms with Crippen molar-refractivity contribution in [2.24, 2.45) is 5.73 Å². The highest BCUT2D eigenvalue weighted by Crippen LogP contribution is 2.30. The summed E-state index contributed by atoms with van der Waals surface area (Å²) in [5.74, 6) is -1.63. The van der Waals surface area contributed by atoms with Crippen LogP contribution in [0.2, 0.25) is 0 Å². The maximum Gasteiger partial charge on any atom is 0.159 e. The predicted octanol–water partition coefficient (Wildman–Crippen LogP) is 1.50. The van der Waals surface area contributed by atoms with Gasteiger partial charge in [0.1, 0.15) is 0 Å². The lowest BCUT2D eigenvalue weighted by atomic mass is 9.88. The lowest BCUT2D eigenvalue weighted by Crippen LogP contribution is -2.43. The van der Waals surface area contributed by atoms with Gasteiger partial charge in [-0.15, -0.1) is 0 Å². The molecule has 1 unspecified atom stereocenters. The molecule has 1 aliphatic heterocycles. The molecule has 0 aromatic heterocycles. The van der Waals surface area contributed by atoms with Crippen LogP contribution in [-0.4, -0.2) is 13.1 Å². The van der Waals surface area contributed by atoms with Crippen LogP contribution >= 0.6 is 0 Å². The van der Waals surface area contributed by atoms with Gasteiger partial charge in [-0.2, -0.15) is 0 Å². The molecular weight excluding hydrogens is 198 g/mol. The Morgan fingerprint density at radius 1 is 1.33 bits per heavy atom. The van der Waals surface area contributed by atoms with E-state index < -0.39 is 11.6 Å². The summed E-state index contributed by atoms with van der Waals surface area (Å²) in [7, 11) is 0. The maximum absolute atomic E-state index is 13.1. The van der Waals surface area contributed by atoms with Crippen molar-refractivity contribution in [3.63, 3.8) is 0 Å². The van der Waals surface area contributed by atoms with Crippen LogP contribution in [0.1, 0.15) is 18.4 Å². The lowest BCUT2D eigenvalue weighted by molar-refractivity contribution is 0.396. The van der Waals surface area contributed by atoms with Crippen LogP contribution in [0.5, 0.6) is 0 Å². The molecule has 1 aromatic rings. The van der Waals surface area contributed by atoms with Crippen LogP contribution in [0.25, 0.3) is 0 Å². The molecule has 2 nitrogen and oxygen atoms in total. The monoisotopic (exact) mass is 212 g/mol. The molecule has 82 valence electrons. The zero-order valence-electron chi connectivity index (χ0n) is 8.39. The molecule has 4 heteroatoms. The summed E-state index contributed by atoms with van der Waals surface area (Å²) < 4.78 is 25.9. The number of nitrogens with one attached hydrogen (secondary N) is 1. The van der Waals surface area contributed by atoms with E-state index in [1.807, 2.05) is 0 Å². The fourth-order valence-corrected chi connectivity index (χ4v) is 2.14. The van der Waals surface area contributed by atoms with Crippen LogP contribution < -0.4 is 11.1 Å². The lowest BCUT2D eigenvalue weighted by Gasteiger charge is -2.28. The Bertz CT molecular complexity index is 360. The first kappa shape index (κ1) is 10.5. The number of hydrogen-bond donors (Lipinski definition) is 2. The van der Waals surface area contributed by atoms with Crippen molar-refractivity contribution in [1.82, 2.24) is 5.32 Å². The molecule has 1 aliphatic rings. The molecule has 1 heterocycles. The fraction of sp³-hybridized carbons (Fsp3) is 0.455. The van der Waals surface area contributed by atoms with E-state index in [1.54, 1.807) is 6.07 Å². The van der Waals surface area contributed by atoms with Gasteiger partial charge < -0.3 is 11.1 Å². The van der Waals surface area contributed by atoms with Crippen molar-refractivity contribution in [3.8, 4) is 0 Å².